The van der Waals surface area contributed by atoms with Gasteiger partial charge in [-0.2, -0.15) is 0 Å². The van der Waals surface area contributed by atoms with Crippen LogP contribution in [0.25, 0.3) is 0 Å². The van der Waals surface area contributed by atoms with Crippen molar-refractivity contribution in [2.45, 2.75) is 115 Å². The summed E-state index contributed by atoms with van der Waals surface area (Å²) in [6.45, 7) is 8.99. The van der Waals surface area contributed by atoms with Crippen molar-refractivity contribution in [3.8, 4) is 0 Å². The van der Waals surface area contributed by atoms with Crippen molar-refractivity contribution in [3.05, 3.63) is 11.6 Å². The van der Waals surface area contributed by atoms with E-state index in [2.05, 4.69) is 19.9 Å². The van der Waals surface area contributed by atoms with Crippen LogP contribution in [-0.4, -0.2) is 70.3 Å². The zero-order valence-electron chi connectivity index (χ0n) is 21.2. The van der Waals surface area contributed by atoms with Crippen molar-refractivity contribution in [3.63, 3.8) is 0 Å². The minimum Gasteiger partial charge on any atom is -0.394 e. The van der Waals surface area contributed by atoms with E-state index in [1.165, 1.54) is 32.1 Å². The van der Waals surface area contributed by atoms with Crippen molar-refractivity contribution in [2.24, 2.45) is 23.2 Å². The Morgan fingerprint density at radius 2 is 1.82 bits per heavy atom. The number of rotatable bonds is 10. The van der Waals surface area contributed by atoms with E-state index in [-0.39, 0.29) is 19.3 Å². The van der Waals surface area contributed by atoms with E-state index in [0.29, 0.717) is 49.0 Å². The molecule has 33 heavy (non-hydrogen) atoms. The van der Waals surface area contributed by atoms with Crippen LogP contribution in [0.4, 0.5) is 0 Å². The lowest BCUT2D eigenvalue weighted by Crippen LogP contribution is -2.44. The fourth-order valence-electron chi connectivity index (χ4n) is 7.05. The van der Waals surface area contributed by atoms with E-state index in [9.17, 15) is 15.3 Å². The fourth-order valence-corrected chi connectivity index (χ4v) is 7.05. The second kappa shape index (κ2) is 11.5. The quantitative estimate of drug-likeness (QED) is 0.366. The minimum atomic E-state index is -0.721. The van der Waals surface area contributed by atoms with E-state index < -0.39 is 23.9 Å². The van der Waals surface area contributed by atoms with Gasteiger partial charge >= 0.3 is 0 Å². The van der Waals surface area contributed by atoms with Crippen LogP contribution in [0, 0.1) is 23.2 Å². The standard InChI is InChI=1S/C27H48O6/c1-18(32-14-12-26(2,3)31)21-9-10-22-20(6-5-11-27(21,22)4)8-7-19-16-23(29)25(24(30)17-19)33-15-13-28/h7,18,20-25,28-31H,5-6,8-17H2,1-4H3/t18-,20?,21?,22?,23-,24-,25?,27?/m1/s1. The molecular formula is C27H48O6. The molecule has 0 aromatic heterocycles. The van der Waals surface area contributed by atoms with Crippen LogP contribution in [0.3, 0.4) is 0 Å². The third-order valence-corrected chi connectivity index (χ3v) is 8.82. The normalized spacial score (nSPS) is 38.2. The maximum absolute atomic E-state index is 10.4. The number of aliphatic hydroxyl groups excluding tert-OH is 3. The zero-order chi connectivity index (χ0) is 24.2. The van der Waals surface area contributed by atoms with Crippen LogP contribution < -0.4 is 0 Å². The summed E-state index contributed by atoms with van der Waals surface area (Å²) in [5.41, 5.74) is 0.741. The molecule has 0 amide bonds. The molecule has 0 aromatic rings. The number of ether oxygens (including phenoxy) is 2. The van der Waals surface area contributed by atoms with Gasteiger partial charge in [0.15, 0.2) is 0 Å². The average Bonchev–Trinajstić information content (AvgIpc) is 3.08. The molecule has 3 saturated carbocycles. The van der Waals surface area contributed by atoms with Gasteiger partial charge in [-0.3, -0.25) is 0 Å². The zero-order valence-corrected chi connectivity index (χ0v) is 21.2. The van der Waals surface area contributed by atoms with Crippen molar-refractivity contribution in [1.29, 1.82) is 0 Å². The number of allylic oxidation sites excluding steroid dienone is 1. The maximum atomic E-state index is 10.4. The van der Waals surface area contributed by atoms with E-state index in [1.807, 2.05) is 13.8 Å². The monoisotopic (exact) mass is 468 g/mol. The lowest BCUT2D eigenvalue weighted by molar-refractivity contribution is -0.115. The van der Waals surface area contributed by atoms with Gasteiger partial charge in [-0.15, -0.1) is 0 Å². The first kappa shape index (κ1) is 27.1. The highest BCUT2D eigenvalue weighted by Crippen LogP contribution is 2.59. The van der Waals surface area contributed by atoms with Crippen LogP contribution in [0.2, 0.25) is 0 Å². The van der Waals surface area contributed by atoms with Gasteiger partial charge in [-0.05, 0) is 95.3 Å². The Bertz CT molecular complexity index is 629. The van der Waals surface area contributed by atoms with Crippen LogP contribution in [0.5, 0.6) is 0 Å². The van der Waals surface area contributed by atoms with Gasteiger partial charge in [-0.25, -0.2) is 0 Å². The van der Waals surface area contributed by atoms with Gasteiger partial charge in [0, 0.05) is 6.61 Å². The molecule has 7 atom stereocenters. The topological polar surface area (TPSA) is 99.4 Å². The SMILES string of the molecule is C[C@@H](OCCC(C)(C)O)C1CCC2C(CC=C3C[C@@H](O)C(OCCO)[C@H](O)C3)CCCC21C. The second-order valence-corrected chi connectivity index (χ2v) is 11.8. The summed E-state index contributed by atoms with van der Waals surface area (Å²) in [7, 11) is 0. The molecule has 6 nitrogen and oxygen atoms in total. The predicted molar refractivity (Wildman–Crippen MR) is 129 cm³/mol. The Labute approximate surface area is 200 Å². The van der Waals surface area contributed by atoms with Gasteiger partial charge in [0.2, 0.25) is 0 Å². The smallest absolute Gasteiger partial charge is 0.110 e. The predicted octanol–water partition coefficient (Wildman–Crippen LogP) is 3.59. The molecule has 0 aromatic carbocycles. The highest BCUT2D eigenvalue weighted by atomic mass is 16.5. The first-order valence-electron chi connectivity index (χ1n) is 13.2. The Morgan fingerprint density at radius 3 is 2.45 bits per heavy atom. The molecule has 6 heteroatoms. The summed E-state index contributed by atoms with van der Waals surface area (Å²) in [4.78, 5) is 0. The first-order valence-corrected chi connectivity index (χ1v) is 13.2. The minimum absolute atomic E-state index is 0.107. The maximum Gasteiger partial charge on any atom is 0.110 e. The van der Waals surface area contributed by atoms with Crippen LogP contribution in [0.1, 0.15) is 85.5 Å². The third-order valence-electron chi connectivity index (χ3n) is 8.82. The molecule has 0 heterocycles. The number of aliphatic hydroxyl groups is 4. The molecule has 0 saturated heterocycles. The molecule has 3 aliphatic carbocycles. The highest BCUT2D eigenvalue weighted by Gasteiger charge is 2.52. The third kappa shape index (κ3) is 6.80. The number of hydrogen-bond acceptors (Lipinski definition) is 6. The molecule has 3 aliphatic rings. The van der Waals surface area contributed by atoms with Gasteiger partial charge in [0.25, 0.3) is 0 Å². The Kier molecular flexibility index (Phi) is 9.43. The molecule has 4 N–H and O–H groups in total. The molecule has 3 rings (SSSR count). The first-order chi connectivity index (χ1) is 15.5. The van der Waals surface area contributed by atoms with E-state index >= 15 is 0 Å². The summed E-state index contributed by atoms with van der Waals surface area (Å²) in [6, 6.07) is 0. The number of hydrogen-bond donors (Lipinski definition) is 4. The van der Waals surface area contributed by atoms with Crippen molar-refractivity contribution < 1.29 is 29.9 Å². The molecule has 4 unspecified atom stereocenters. The Morgan fingerprint density at radius 1 is 1.12 bits per heavy atom. The van der Waals surface area contributed by atoms with E-state index in [1.54, 1.807) is 0 Å². The van der Waals surface area contributed by atoms with Crippen LogP contribution in [0.15, 0.2) is 11.6 Å². The average molecular weight is 469 g/mol. The largest absolute Gasteiger partial charge is 0.394 e. The molecular weight excluding hydrogens is 420 g/mol. The van der Waals surface area contributed by atoms with E-state index in [0.717, 1.165) is 12.0 Å². The lowest BCUT2D eigenvalue weighted by atomic mass is 9.60. The lowest BCUT2D eigenvalue weighted by Gasteiger charge is -2.46. The summed E-state index contributed by atoms with van der Waals surface area (Å²) >= 11 is 0. The fraction of sp³-hybridized carbons (Fsp3) is 0.926. The number of fused-ring (bicyclic) bond motifs is 1. The summed E-state index contributed by atoms with van der Waals surface area (Å²) < 4.78 is 11.7. The summed E-state index contributed by atoms with van der Waals surface area (Å²) in [5, 5.41) is 39.8. The molecule has 0 bridgehead atoms. The van der Waals surface area contributed by atoms with Gasteiger partial charge in [0.1, 0.15) is 6.10 Å². The molecule has 3 fully saturated rings. The molecule has 0 aliphatic heterocycles. The highest BCUT2D eigenvalue weighted by molar-refractivity contribution is 5.13. The molecule has 0 spiro atoms. The van der Waals surface area contributed by atoms with Crippen LogP contribution >= 0.6 is 0 Å². The van der Waals surface area contributed by atoms with Crippen molar-refractivity contribution in [1.82, 2.24) is 0 Å². The second-order valence-electron chi connectivity index (χ2n) is 11.8. The summed E-state index contributed by atoms with van der Waals surface area (Å²) in [6.07, 6.45) is 9.39. The molecule has 192 valence electrons. The Hall–Kier alpha value is -0.500. The Balaban J connectivity index is 1.57. The van der Waals surface area contributed by atoms with Gasteiger partial charge in [0.05, 0.1) is 37.1 Å². The summed E-state index contributed by atoms with van der Waals surface area (Å²) in [5.74, 6) is 1.89. The molecule has 0 radical (unpaired) electrons. The van der Waals surface area contributed by atoms with Gasteiger partial charge in [-0.1, -0.05) is 25.0 Å². The van der Waals surface area contributed by atoms with E-state index in [4.69, 9.17) is 14.6 Å². The van der Waals surface area contributed by atoms with Crippen molar-refractivity contribution >= 4 is 0 Å². The van der Waals surface area contributed by atoms with Gasteiger partial charge < -0.3 is 29.9 Å². The van der Waals surface area contributed by atoms with Crippen molar-refractivity contribution in [2.75, 3.05) is 19.8 Å². The van der Waals surface area contributed by atoms with Crippen LogP contribution in [-0.2, 0) is 9.47 Å².